The summed E-state index contributed by atoms with van der Waals surface area (Å²) in [6, 6.07) is 22.0. The number of aromatic nitrogens is 1. The predicted octanol–water partition coefficient (Wildman–Crippen LogP) is 5.02. The lowest BCUT2D eigenvalue weighted by atomic mass is 10.1. The summed E-state index contributed by atoms with van der Waals surface area (Å²) in [7, 11) is 2.88. The second-order valence-electron chi connectivity index (χ2n) is 7.65. The first-order valence-corrected chi connectivity index (χ1v) is 10.6. The Labute approximate surface area is 197 Å². The number of pyridine rings is 1. The van der Waals surface area contributed by atoms with E-state index in [1.165, 1.54) is 7.11 Å². The van der Waals surface area contributed by atoms with E-state index in [1.54, 1.807) is 49.6 Å². The van der Waals surface area contributed by atoms with Gasteiger partial charge < -0.3 is 19.5 Å². The molecule has 0 aliphatic rings. The van der Waals surface area contributed by atoms with Crippen LogP contribution in [0.5, 0.6) is 11.5 Å². The molecular weight excluding hydrogens is 432 g/mol. The van der Waals surface area contributed by atoms with E-state index in [2.05, 4.69) is 5.32 Å². The Bertz CT molecular complexity index is 1330. The van der Waals surface area contributed by atoms with E-state index in [1.807, 2.05) is 37.3 Å². The minimum absolute atomic E-state index is 0.245. The van der Waals surface area contributed by atoms with Crippen LogP contribution in [-0.4, -0.2) is 37.7 Å². The number of fused-ring (bicyclic) bond motifs is 1. The van der Waals surface area contributed by atoms with Crippen molar-refractivity contribution in [2.45, 2.75) is 6.92 Å². The highest BCUT2D eigenvalue weighted by Crippen LogP contribution is 2.32. The molecule has 3 aromatic carbocycles. The molecular formula is C27H24N2O5. The molecule has 7 nitrogen and oxygen atoms in total. The lowest BCUT2D eigenvalue weighted by Crippen LogP contribution is -2.13. The van der Waals surface area contributed by atoms with E-state index in [4.69, 9.17) is 19.2 Å². The molecule has 172 valence electrons. The van der Waals surface area contributed by atoms with Gasteiger partial charge in [-0.15, -0.1) is 0 Å². The van der Waals surface area contributed by atoms with Crippen molar-refractivity contribution < 1.29 is 23.8 Å². The van der Waals surface area contributed by atoms with Gasteiger partial charge in [-0.25, -0.2) is 9.78 Å². The summed E-state index contributed by atoms with van der Waals surface area (Å²) < 4.78 is 15.6. The number of anilines is 1. The van der Waals surface area contributed by atoms with Crippen LogP contribution in [0.3, 0.4) is 0 Å². The third kappa shape index (κ3) is 5.15. The molecule has 0 atom stereocenters. The van der Waals surface area contributed by atoms with Gasteiger partial charge in [0.25, 0.3) is 5.91 Å². The van der Waals surface area contributed by atoms with Crippen LogP contribution in [0, 0.1) is 6.92 Å². The predicted molar refractivity (Wildman–Crippen MR) is 130 cm³/mol. The van der Waals surface area contributed by atoms with Crippen molar-refractivity contribution in [3.63, 3.8) is 0 Å². The van der Waals surface area contributed by atoms with Gasteiger partial charge in [0.2, 0.25) is 0 Å². The molecule has 0 fully saturated rings. The minimum Gasteiger partial charge on any atom is -0.497 e. The Morgan fingerprint density at radius 2 is 1.65 bits per heavy atom. The number of carbonyl (C=O) groups excluding carboxylic acids is 2. The summed E-state index contributed by atoms with van der Waals surface area (Å²) in [5.41, 5.74) is 4.51. The fraction of sp³-hybridized carbons (Fsp3) is 0.148. The van der Waals surface area contributed by atoms with Crippen LogP contribution in [0.2, 0.25) is 0 Å². The molecule has 0 saturated carbocycles. The minimum atomic E-state index is -0.495. The van der Waals surface area contributed by atoms with Crippen molar-refractivity contribution in [1.29, 1.82) is 0 Å². The number of amides is 1. The standard InChI is InChI=1S/C27H24N2O5/c1-17-4-6-18(7-5-17)24-15-25(34-16-26(30)33-3)22-14-20(10-13-23(22)29-24)28-27(31)19-8-11-21(32-2)12-9-19/h4-15H,16H2,1-3H3,(H,28,31). The van der Waals surface area contributed by atoms with Crippen molar-refractivity contribution in [2.24, 2.45) is 0 Å². The summed E-state index contributed by atoms with van der Waals surface area (Å²) in [5, 5.41) is 3.55. The number of ether oxygens (including phenoxy) is 3. The van der Waals surface area contributed by atoms with Crippen LogP contribution in [0.25, 0.3) is 22.2 Å². The molecule has 1 N–H and O–H groups in total. The highest BCUT2D eigenvalue weighted by Gasteiger charge is 2.13. The first-order chi connectivity index (χ1) is 16.5. The van der Waals surface area contributed by atoms with Gasteiger partial charge >= 0.3 is 5.97 Å². The van der Waals surface area contributed by atoms with Crippen LogP contribution in [0.15, 0.2) is 72.8 Å². The number of nitrogens with one attached hydrogen (secondary N) is 1. The van der Waals surface area contributed by atoms with Gasteiger partial charge in [0, 0.05) is 28.3 Å². The van der Waals surface area contributed by atoms with Crippen molar-refractivity contribution in [2.75, 3.05) is 26.1 Å². The number of rotatable bonds is 7. The van der Waals surface area contributed by atoms with Crippen LogP contribution >= 0.6 is 0 Å². The van der Waals surface area contributed by atoms with Gasteiger partial charge in [-0.3, -0.25) is 4.79 Å². The number of aryl methyl sites for hydroxylation is 1. The fourth-order valence-corrected chi connectivity index (χ4v) is 3.41. The topological polar surface area (TPSA) is 86.8 Å². The number of esters is 1. The summed E-state index contributed by atoms with van der Waals surface area (Å²) >= 11 is 0. The average Bonchev–Trinajstić information content (AvgIpc) is 2.87. The molecule has 1 aromatic heterocycles. The summed E-state index contributed by atoms with van der Waals surface area (Å²) in [6.07, 6.45) is 0. The van der Waals surface area contributed by atoms with Crippen molar-refractivity contribution in [3.05, 3.63) is 83.9 Å². The molecule has 0 aliphatic carbocycles. The Hall–Kier alpha value is -4.39. The maximum absolute atomic E-state index is 12.7. The molecule has 34 heavy (non-hydrogen) atoms. The van der Waals surface area contributed by atoms with Gasteiger partial charge in [-0.1, -0.05) is 29.8 Å². The van der Waals surface area contributed by atoms with Gasteiger partial charge in [-0.05, 0) is 49.4 Å². The van der Waals surface area contributed by atoms with Gasteiger partial charge in [0.1, 0.15) is 11.5 Å². The van der Waals surface area contributed by atoms with E-state index in [0.29, 0.717) is 39.3 Å². The maximum Gasteiger partial charge on any atom is 0.343 e. The van der Waals surface area contributed by atoms with E-state index in [9.17, 15) is 9.59 Å². The van der Waals surface area contributed by atoms with Gasteiger partial charge in [-0.2, -0.15) is 0 Å². The third-order valence-corrected chi connectivity index (χ3v) is 5.30. The lowest BCUT2D eigenvalue weighted by molar-refractivity contribution is -0.142. The van der Waals surface area contributed by atoms with E-state index in [-0.39, 0.29) is 12.5 Å². The zero-order chi connectivity index (χ0) is 24.1. The van der Waals surface area contributed by atoms with Crippen molar-refractivity contribution in [3.8, 4) is 22.8 Å². The Balaban J connectivity index is 1.68. The number of benzene rings is 3. The number of carbonyl (C=O) groups is 2. The highest BCUT2D eigenvalue weighted by molar-refractivity contribution is 6.05. The largest absolute Gasteiger partial charge is 0.497 e. The third-order valence-electron chi connectivity index (χ3n) is 5.30. The van der Waals surface area contributed by atoms with Crippen molar-refractivity contribution >= 4 is 28.5 Å². The maximum atomic E-state index is 12.7. The second-order valence-corrected chi connectivity index (χ2v) is 7.65. The van der Waals surface area contributed by atoms with Crippen LogP contribution < -0.4 is 14.8 Å². The molecule has 0 spiro atoms. The normalized spacial score (nSPS) is 10.6. The molecule has 0 aliphatic heterocycles. The van der Waals surface area contributed by atoms with Crippen LogP contribution in [0.4, 0.5) is 5.69 Å². The van der Waals surface area contributed by atoms with Gasteiger partial charge in [0.15, 0.2) is 6.61 Å². The number of methoxy groups -OCH3 is 2. The molecule has 0 unspecified atom stereocenters. The van der Waals surface area contributed by atoms with E-state index >= 15 is 0 Å². The SMILES string of the molecule is COC(=O)COc1cc(-c2ccc(C)cc2)nc2ccc(NC(=O)c3ccc(OC)cc3)cc12. The second kappa shape index (κ2) is 10.0. The number of hydrogen-bond donors (Lipinski definition) is 1. The van der Waals surface area contributed by atoms with Crippen LogP contribution in [-0.2, 0) is 9.53 Å². The molecule has 0 radical (unpaired) electrons. The summed E-state index contributed by atoms with van der Waals surface area (Å²) in [4.78, 5) is 29.2. The summed E-state index contributed by atoms with van der Waals surface area (Å²) in [5.74, 6) is 0.380. The van der Waals surface area contributed by atoms with E-state index in [0.717, 1.165) is 11.1 Å². The molecule has 0 bridgehead atoms. The molecule has 4 rings (SSSR count). The molecule has 7 heteroatoms. The highest BCUT2D eigenvalue weighted by atomic mass is 16.6. The molecule has 0 saturated heterocycles. The lowest BCUT2D eigenvalue weighted by Gasteiger charge is -2.13. The smallest absolute Gasteiger partial charge is 0.343 e. The number of nitrogens with zero attached hydrogens (tertiary/aromatic N) is 1. The first-order valence-electron chi connectivity index (χ1n) is 10.6. The fourth-order valence-electron chi connectivity index (χ4n) is 3.41. The van der Waals surface area contributed by atoms with Crippen molar-refractivity contribution in [1.82, 2.24) is 4.98 Å². The van der Waals surface area contributed by atoms with Crippen LogP contribution in [0.1, 0.15) is 15.9 Å². The molecule has 1 amide bonds. The first kappa shape index (κ1) is 22.8. The summed E-state index contributed by atoms with van der Waals surface area (Å²) in [6.45, 7) is 1.77. The zero-order valence-corrected chi connectivity index (χ0v) is 19.1. The Morgan fingerprint density at radius 3 is 2.32 bits per heavy atom. The zero-order valence-electron chi connectivity index (χ0n) is 19.1. The molecule has 1 heterocycles. The Morgan fingerprint density at radius 1 is 0.912 bits per heavy atom. The quantitative estimate of drug-likeness (QED) is 0.393. The molecule has 4 aromatic rings. The van der Waals surface area contributed by atoms with Gasteiger partial charge in [0.05, 0.1) is 25.4 Å². The monoisotopic (exact) mass is 456 g/mol. The average molecular weight is 456 g/mol. The number of hydrogen-bond acceptors (Lipinski definition) is 6. The Kier molecular flexibility index (Phi) is 6.73. The van der Waals surface area contributed by atoms with E-state index < -0.39 is 5.97 Å².